The van der Waals surface area contributed by atoms with Crippen LogP contribution < -0.4 is 0 Å². The predicted octanol–water partition coefficient (Wildman–Crippen LogP) is 0.358. The molecule has 0 spiro atoms. The molecule has 2 heterocycles. The Morgan fingerprint density at radius 1 is 1.04 bits per heavy atom. The van der Waals surface area contributed by atoms with Crippen LogP contribution in [-0.4, -0.2) is 46.1 Å². The molecule has 3 aliphatic rings. The van der Waals surface area contributed by atoms with E-state index in [0.717, 1.165) is 6.08 Å². The van der Waals surface area contributed by atoms with Gasteiger partial charge in [0.25, 0.3) is 17.7 Å². The van der Waals surface area contributed by atoms with Gasteiger partial charge in [0, 0.05) is 24.8 Å². The number of hydroxylamine groups is 2. The predicted molar refractivity (Wildman–Crippen MR) is 86.3 cm³/mol. The molecule has 132 valence electrons. The van der Waals surface area contributed by atoms with Gasteiger partial charge < -0.3 is 4.84 Å². The Labute approximate surface area is 148 Å². The molecule has 0 N–H and O–H groups in total. The smallest absolute Gasteiger partial charge is 0.329 e. The Morgan fingerprint density at radius 3 is 2.16 bits per heavy atom. The van der Waals surface area contributed by atoms with Crippen LogP contribution in [0.5, 0.6) is 0 Å². The molecule has 1 aliphatic carbocycles. The second-order valence-corrected chi connectivity index (χ2v) is 6.70. The highest BCUT2D eigenvalue weighted by atomic mass is 32.1. The van der Waals surface area contributed by atoms with E-state index in [1.165, 1.54) is 17.1 Å². The molecule has 1 saturated carbocycles. The number of imide groups is 2. The van der Waals surface area contributed by atoms with Crippen molar-refractivity contribution in [2.75, 3.05) is 6.54 Å². The summed E-state index contributed by atoms with van der Waals surface area (Å²) >= 11 is 3.83. The van der Waals surface area contributed by atoms with Crippen LogP contribution in [0.4, 0.5) is 0 Å². The van der Waals surface area contributed by atoms with Gasteiger partial charge in [0.1, 0.15) is 0 Å². The van der Waals surface area contributed by atoms with E-state index in [-0.39, 0.29) is 22.6 Å². The van der Waals surface area contributed by atoms with Crippen molar-refractivity contribution >= 4 is 42.2 Å². The molecule has 8 nitrogen and oxygen atoms in total. The van der Waals surface area contributed by atoms with Gasteiger partial charge in [-0.05, 0) is 31.6 Å². The summed E-state index contributed by atoms with van der Waals surface area (Å²) in [5, 5.41) is 0.421. The number of amides is 4. The molecule has 0 aromatic rings. The number of carbonyl (C=O) groups is 5. The summed E-state index contributed by atoms with van der Waals surface area (Å²) in [6.45, 7) is 0.336. The van der Waals surface area contributed by atoms with E-state index < -0.39 is 23.7 Å². The van der Waals surface area contributed by atoms with Gasteiger partial charge in [0.05, 0.1) is 10.8 Å². The molecular formula is C16H16N2O6S. The van der Waals surface area contributed by atoms with Gasteiger partial charge in [-0.15, -0.1) is 12.6 Å². The molecule has 0 aromatic carbocycles. The van der Waals surface area contributed by atoms with Crippen LogP contribution in [0.2, 0.25) is 0 Å². The maximum absolute atomic E-state index is 12.2. The molecule has 3 rings (SSSR count). The monoisotopic (exact) mass is 364 g/mol. The Bertz CT molecular complexity index is 702. The van der Waals surface area contributed by atoms with Crippen molar-refractivity contribution in [3.05, 3.63) is 23.1 Å². The zero-order chi connectivity index (χ0) is 18.1. The first kappa shape index (κ1) is 17.4. The second-order valence-electron chi connectivity index (χ2n) is 6.22. The minimum Gasteiger partial charge on any atom is -0.329 e. The lowest BCUT2D eigenvalue weighted by Gasteiger charge is -2.29. The van der Waals surface area contributed by atoms with Crippen LogP contribution in [0, 0.1) is 11.8 Å². The molecular weight excluding hydrogens is 348 g/mol. The Balaban J connectivity index is 1.48. The highest BCUT2D eigenvalue weighted by Crippen LogP contribution is 2.31. The maximum atomic E-state index is 12.2. The van der Waals surface area contributed by atoms with Gasteiger partial charge in [-0.2, -0.15) is 0 Å². The number of hydrogen-bond donors (Lipinski definition) is 1. The Morgan fingerprint density at radius 2 is 1.64 bits per heavy atom. The van der Waals surface area contributed by atoms with Crippen LogP contribution >= 0.6 is 12.6 Å². The lowest BCUT2D eigenvalue weighted by atomic mass is 9.82. The van der Waals surface area contributed by atoms with Crippen LogP contribution in [0.3, 0.4) is 0 Å². The topological polar surface area (TPSA) is 101 Å². The van der Waals surface area contributed by atoms with Crippen LogP contribution in [0.1, 0.15) is 25.7 Å². The van der Waals surface area contributed by atoms with Crippen molar-refractivity contribution in [2.45, 2.75) is 25.7 Å². The van der Waals surface area contributed by atoms with E-state index >= 15 is 0 Å². The first-order valence-corrected chi connectivity index (χ1v) is 8.36. The molecule has 1 fully saturated rings. The van der Waals surface area contributed by atoms with E-state index in [2.05, 4.69) is 12.6 Å². The van der Waals surface area contributed by atoms with Crippen molar-refractivity contribution in [3.63, 3.8) is 0 Å². The minimum absolute atomic E-state index is 0.0740. The van der Waals surface area contributed by atoms with Gasteiger partial charge in [-0.1, -0.05) is 5.06 Å². The van der Waals surface area contributed by atoms with Gasteiger partial charge in [-0.3, -0.25) is 24.1 Å². The summed E-state index contributed by atoms with van der Waals surface area (Å²) in [6, 6.07) is 0. The number of carbonyl (C=O) groups excluding carboxylic acids is 5. The van der Waals surface area contributed by atoms with Crippen LogP contribution in [0.25, 0.3) is 0 Å². The van der Waals surface area contributed by atoms with Gasteiger partial charge in [-0.25, -0.2) is 4.79 Å². The van der Waals surface area contributed by atoms with Crippen molar-refractivity contribution in [1.82, 2.24) is 9.96 Å². The third-order valence-corrected chi connectivity index (χ3v) is 4.89. The summed E-state index contributed by atoms with van der Waals surface area (Å²) in [6.07, 6.45) is 5.80. The fraction of sp³-hybridized carbons (Fsp3) is 0.438. The molecule has 25 heavy (non-hydrogen) atoms. The van der Waals surface area contributed by atoms with E-state index in [0.29, 0.717) is 37.3 Å². The average Bonchev–Trinajstić information content (AvgIpc) is 3.02. The summed E-state index contributed by atoms with van der Waals surface area (Å²) < 4.78 is 0. The molecule has 4 amide bonds. The van der Waals surface area contributed by atoms with E-state index in [1.54, 1.807) is 0 Å². The number of thiol groups is 1. The van der Waals surface area contributed by atoms with Crippen molar-refractivity contribution < 1.29 is 28.8 Å². The second kappa shape index (κ2) is 6.83. The molecule has 2 aliphatic heterocycles. The molecule has 0 unspecified atom stereocenters. The van der Waals surface area contributed by atoms with Gasteiger partial charge >= 0.3 is 11.9 Å². The third-order valence-electron chi connectivity index (χ3n) is 4.57. The number of nitrogens with zero attached hydrogens (tertiary/aromatic N) is 2. The van der Waals surface area contributed by atoms with Crippen LogP contribution in [0.15, 0.2) is 23.1 Å². The molecule has 0 radical (unpaired) electrons. The fourth-order valence-electron chi connectivity index (χ4n) is 3.14. The zero-order valence-corrected chi connectivity index (χ0v) is 14.1. The Kier molecular flexibility index (Phi) is 4.76. The largest absolute Gasteiger partial charge is 0.336 e. The number of rotatable bonds is 4. The maximum Gasteiger partial charge on any atom is 0.336 e. The molecule has 0 atom stereocenters. The minimum atomic E-state index is -0.756. The summed E-state index contributed by atoms with van der Waals surface area (Å²) in [5.41, 5.74) is 0. The summed E-state index contributed by atoms with van der Waals surface area (Å²) in [5.74, 6) is -3.04. The van der Waals surface area contributed by atoms with Crippen molar-refractivity contribution in [3.8, 4) is 0 Å². The molecule has 9 heteroatoms. The molecule has 0 saturated heterocycles. The van der Waals surface area contributed by atoms with Crippen molar-refractivity contribution in [1.29, 1.82) is 0 Å². The fourth-order valence-corrected chi connectivity index (χ4v) is 3.34. The first-order valence-electron chi connectivity index (χ1n) is 7.91. The summed E-state index contributed by atoms with van der Waals surface area (Å²) in [4.78, 5) is 64.5. The van der Waals surface area contributed by atoms with Gasteiger partial charge in [0.15, 0.2) is 0 Å². The Hall–Kier alpha value is -2.42. The van der Waals surface area contributed by atoms with Crippen LogP contribution in [-0.2, 0) is 28.8 Å². The van der Waals surface area contributed by atoms with Crippen molar-refractivity contribution in [2.24, 2.45) is 11.8 Å². The quantitative estimate of drug-likeness (QED) is 0.571. The normalized spacial score (nSPS) is 26.5. The SMILES string of the molecule is O=C(ON1C(=O)C=C(S)C1=O)C1CCC(CN2C(=O)C=CC2=O)CC1. The molecule has 0 aromatic heterocycles. The highest BCUT2D eigenvalue weighted by molar-refractivity contribution is 7.85. The highest BCUT2D eigenvalue weighted by Gasteiger charge is 2.37. The first-order chi connectivity index (χ1) is 11.9. The third kappa shape index (κ3) is 3.51. The number of hydrogen-bond acceptors (Lipinski definition) is 7. The lowest BCUT2D eigenvalue weighted by molar-refractivity contribution is -0.200. The zero-order valence-electron chi connectivity index (χ0n) is 13.2. The van der Waals surface area contributed by atoms with E-state index in [9.17, 15) is 24.0 Å². The lowest BCUT2D eigenvalue weighted by Crippen LogP contribution is -2.38. The van der Waals surface area contributed by atoms with E-state index in [1.807, 2.05) is 0 Å². The molecule has 0 bridgehead atoms. The van der Waals surface area contributed by atoms with Gasteiger partial charge in [0.2, 0.25) is 0 Å². The van der Waals surface area contributed by atoms with E-state index in [4.69, 9.17) is 4.84 Å². The summed E-state index contributed by atoms with van der Waals surface area (Å²) in [7, 11) is 0. The standard InChI is InChI=1S/C16H16N2O6S/c19-12-5-6-13(20)17(12)8-9-1-3-10(4-2-9)16(23)24-18-14(21)7-11(25)15(18)22/h5-7,9-10,25H,1-4,8H2. The average molecular weight is 364 g/mol.